The van der Waals surface area contributed by atoms with Crippen molar-refractivity contribution in [3.05, 3.63) is 134 Å². The van der Waals surface area contributed by atoms with Crippen molar-refractivity contribution < 1.29 is 8.83 Å². The average Bonchev–Trinajstić information content (AvgIpc) is 3.74. The Labute approximate surface area is 255 Å². The summed E-state index contributed by atoms with van der Waals surface area (Å²) in [7, 11) is 0. The van der Waals surface area contributed by atoms with Crippen molar-refractivity contribution in [2.75, 3.05) is 4.90 Å². The van der Waals surface area contributed by atoms with E-state index in [0.29, 0.717) is 0 Å². The summed E-state index contributed by atoms with van der Waals surface area (Å²) < 4.78 is 14.9. The molecule has 0 fully saturated rings. The molecule has 0 saturated heterocycles. The fourth-order valence-electron chi connectivity index (χ4n) is 6.64. The quantitative estimate of drug-likeness (QED) is 0.208. The van der Waals surface area contributed by atoms with Crippen molar-refractivity contribution in [2.24, 2.45) is 0 Å². The molecule has 0 atom stereocenters. The molecule has 10 aromatic rings. The van der Waals surface area contributed by atoms with Crippen molar-refractivity contribution in [1.82, 2.24) is 4.98 Å². The molecule has 44 heavy (non-hydrogen) atoms. The van der Waals surface area contributed by atoms with Gasteiger partial charge in [0.2, 0.25) is 0 Å². The number of pyridine rings is 1. The first-order valence-corrected chi connectivity index (χ1v) is 15.4. The number of rotatable bonds is 3. The summed E-state index contributed by atoms with van der Waals surface area (Å²) in [6.45, 7) is 0. The summed E-state index contributed by atoms with van der Waals surface area (Å²) in [5, 5.41) is 9.31. The molecule has 4 nitrogen and oxygen atoms in total. The van der Waals surface area contributed by atoms with Gasteiger partial charge in [-0.2, -0.15) is 0 Å². The third kappa shape index (κ3) is 3.47. The lowest BCUT2D eigenvalue weighted by Gasteiger charge is -2.25. The summed E-state index contributed by atoms with van der Waals surface area (Å²) in [6.07, 6.45) is 3.80. The zero-order valence-electron chi connectivity index (χ0n) is 23.3. The topological polar surface area (TPSA) is 42.4 Å². The number of hydrogen-bond acceptors (Lipinski definition) is 5. The molecule has 0 aliphatic carbocycles. The second-order valence-electron chi connectivity index (χ2n) is 11.2. The van der Waals surface area contributed by atoms with E-state index in [1.165, 1.54) is 25.6 Å². The molecule has 0 spiro atoms. The van der Waals surface area contributed by atoms with Gasteiger partial charge in [-0.3, -0.25) is 4.98 Å². The van der Waals surface area contributed by atoms with Crippen molar-refractivity contribution in [3.8, 4) is 0 Å². The molecule has 0 radical (unpaired) electrons. The molecule has 4 aromatic heterocycles. The number of hydrogen-bond donors (Lipinski definition) is 0. The number of para-hydroxylation sites is 2. The molecule has 0 saturated carbocycles. The van der Waals surface area contributed by atoms with E-state index in [1.54, 1.807) is 0 Å². The van der Waals surface area contributed by atoms with Crippen LogP contribution in [0.3, 0.4) is 0 Å². The van der Waals surface area contributed by atoms with Gasteiger partial charge >= 0.3 is 0 Å². The molecule has 0 N–H and O–H groups in total. The predicted octanol–water partition coefficient (Wildman–Crippen LogP) is 11.9. The number of nitrogens with zero attached hydrogens (tertiary/aromatic N) is 2. The van der Waals surface area contributed by atoms with Gasteiger partial charge < -0.3 is 13.7 Å². The molecule has 0 aliphatic heterocycles. The van der Waals surface area contributed by atoms with Gasteiger partial charge in [-0.1, -0.05) is 42.5 Å². The Morgan fingerprint density at radius 3 is 1.75 bits per heavy atom. The van der Waals surface area contributed by atoms with Gasteiger partial charge in [0.1, 0.15) is 22.3 Å². The van der Waals surface area contributed by atoms with Gasteiger partial charge in [0.05, 0.1) is 0 Å². The Morgan fingerprint density at radius 2 is 1.05 bits per heavy atom. The summed E-state index contributed by atoms with van der Waals surface area (Å²) in [5.41, 5.74) is 6.77. The highest BCUT2D eigenvalue weighted by Gasteiger charge is 2.19. The minimum atomic E-state index is 0.882. The summed E-state index contributed by atoms with van der Waals surface area (Å²) in [5.74, 6) is 0. The van der Waals surface area contributed by atoms with Crippen molar-refractivity contribution in [1.29, 1.82) is 0 Å². The van der Waals surface area contributed by atoms with Gasteiger partial charge in [0, 0.05) is 76.6 Å². The molecule has 6 aromatic carbocycles. The van der Waals surface area contributed by atoms with E-state index >= 15 is 0 Å². The third-order valence-corrected chi connectivity index (χ3v) is 9.82. The van der Waals surface area contributed by atoms with Crippen LogP contribution in [0.1, 0.15) is 0 Å². The van der Waals surface area contributed by atoms with Crippen LogP contribution in [0.4, 0.5) is 17.1 Å². The lowest BCUT2D eigenvalue weighted by Crippen LogP contribution is -2.09. The maximum atomic E-state index is 6.18. The zero-order valence-corrected chi connectivity index (χ0v) is 24.1. The lowest BCUT2D eigenvalue weighted by molar-refractivity contribution is 0.668. The molecule has 4 heterocycles. The Bertz CT molecular complexity index is 2640. The summed E-state index contributed by atoms with van der Waals surface area (Å²) >= 11 is 1.83. The molecular weight excluding hydrogens is 561 g/mol. The van der Waals surface area contributed by atoms with Crippen LogP contribution in [0.2, 0.25) is 0 Å². The second-order valence-corrected chi connectivity index (χ2v) is 12.3. The number of anilines is 3. The highest BCUT2D eigenvalue weighted by atomic mass is 32.1. The van der Waals surface area contributed by atoms with Gasteiger partial charge in [0.25, 0.3) is 0 Å². The molecule has 10 rings (SSSR count). The number of thiophene rings is 1. The van der Waals surface area contributed by atoms with Crippen molar-refractivity contribution >= 4 is 103 Å². The van der Waals surface area contributed by atoms with E-state index in [9.17, 15) is 0 Å². The monoisotopic (exact) mass is 582 g/mol. The van der Waals surface area contributed by atoms with E-state index < -0.39 is 0 Å². The van der Waals surface area contributed by atoms with E-state index in [4.69, 9.17) is 8.83 Å². The van der Waals surface area contributed by atoms with Crippen LogP contribution in [-0.2, 0) is 0 Å². The standard InChI is InChI=1S/C39H22N2O2S/c1-3-7-34-28(5-1)31-19-25(10-13-36(31)42-34)41(26-11-14-37-32(20-26)29-6-2-4-8-35(29)43-37)27-9-12-30-33-17-24-22-40-16-15-23(24)18-38(33)44-39(30)21-27/h1-22H. The van der Waals surface area contributed by atoms with Crippen LogP contribution in [0.15, 0.2) is 143 Å². The highest BCUT2D eigenvalue weighted by Crippen LogP contribution is 2.44. The van der Waals surface area contributed by atoms with E-state index in [2.05, 4.69) is 107 Å². The maximum absolute atomic E-state index is 6.18. The number of aromatic nitrogens is 1. The smallest absolute Gasteiger partial charge is 0.135 e. The van der Waals surface area contributed by atoms with Crippen LogP contribution >= 0.6 is 11.3 Å². The average molecular weight is 583 g/mol. The molecule has 206 valence electrons. The number of fused-ring (bicyclic) bond motifs is 10. The fourth-order valence-corrected chi connectivity index (χ4v) is 7.81. The van der Waals surface area contributed by atoms with Crippen molar-refractivity contribution in [3.63, 3.8) is 0 Å². The van der Waals surface area contributed by atoms with Crippen LogP contribution in [0, 0.1) is 0 Å². The molecular formula is C39H22N2O2S. The first-order chi connectivity index (χ1) is 21.8. The van der Waals surface area contributed by atoms with Crippen LogP contribution in [-0.4, -0.2) is 4.98 Å². The summed E-state index contributed by atoms with van der Waals surface area (Å²) in [6, 6.07) is 42.9. The molecule has 5 heteroatoms. The normalized spacial score (nSPS) is 12.1. The molecule has 0 bridgehead atoms. The fraction of sp³-hybridized carbons (Fsp3) is 0. The second kappa shape index (κ2) is 8.93. The van der Waals surface area contributed by atoms with Crippen LogP contribution in [0.25, 0.3) is 74.8 Å². The van der Waals surface area contributed by atoms with E-state index in [1.807, 2.05) is 48.0 Å². The Kier molecular flexibility index (Phi) is 4.84. The Balaban J connectivity index is 1.22. The Morgan fingerprint density at radius 1 is 0.455 bits per heavy atom. The van der Waals surface area contributed by atoms with Gasteiger partial charge in [-0.25, -0.2) is 0 Å². The molecule has 0 unspecified atom stereocenters. The minimum absolute atomic E-state index is 0.882. The predicted molar refractivity (Wildman–Crippen MR) is 184 cm³/mol. The van der Waals surface area contributed by atoms with E-state index in [-0.39, 0.29) is 0 Å². The lowest BCUT2D eigenvalue weighted by atomic mass is 10.1. The zero-order chi connectivity index (χ0) is 28.8. The number of benzene rings is 6. The van der Waals surface area contributed by atoms with Gasteiger partial charge in [0.15, 0.2) is 0 Å². The molecule has 0 aliphatic rings. The first-order valence-electron chi connectivity index (χ1n) is 14.6. The molecule has 0 amide bonds. The summed E-state index contributed by atoms with van der Waals surface area (Å²) in [4.78, 5) is 6.69. The van der Waals surface area contributed by atoms with E-state index in [0.717, 1.165) is 66.3 Å². The largest absolute Gasteiger partial charge is 0.456 e. The van der Waals surface area contributed by atoms with Crippen LogP contribution in [0.5, 0.6) is 0 Å². The van der Waals surface area contributed by atoms with Crippen LogP contribution < -0.4 is 4.90 Å². The Hall–Kier alpha value is -5.65. The number of furan rings is 2. The van der Waals surface area contributed by atoms with Crippen molar-refractivity contribution in [2.45, 2.75) is 0 Å². The highest BCUT2D eigenvalue weighted by molar-refractivity contribution is 7.25. The maximum Gasteiger partial charge on any atom is 0.135 e. The SMILES string of the molecule is c1ccc2c(c1)oc1ccc(N(c3ccc4c(c3)sc3cc5ccncc5cc34)c3ccc4oc5ccccc5c4c3)cc12. The van der Waals surface area contributed by atoms with Gasteiger partial charge in [-0.05, 0) is 84.2 Å². The third-order valence-electron chi connectivity index (χ3n) is 8.71. The van der Waals surface area contributed by atoms with Gasteiger partial charge in [-0.15, -0.1) is 11.3 Å². The first kappa shape index (κ1) is 23.9. The minimum Gasteiger partial charge on any atom is -0.456 e.